The summed E-state index contributed by atoms with van der Waals surface area (Å²) < 4.78 is 7.00. The summed E-state index contributed by atoms with van der Waals surface area (Å²) in [6, 6.07) is 15.1. The highest BCUT2D eigenvalue weighted by molar-refractivity contribution is 5.98. The minimum Gasteiger partial charge on any atom is -0.377 e. The molecule has 1 saturated heterocycles. The molecule has 0 aliphatic carbocycles. The van der Waals surface area contributed by atoms with Gasteiger partial charge in [-0.25, -0.2) is 4.68 Å². The number of fused-ring (bicyclic) bond motifs is 1. The maximum Gasteiger partial charge on any atom is 0.267 e. The Morgan fingerprint density at radius 3 is 2.77 bits per heavy atom. The van der Waals surface area contributed by atoms with Gasteiger partial charge in [-0.2, -0.15) is 5.10 Å². The molecule has 8 nitrogen and oxygen atoms in total. The van der Waals surface area contributed by atoms with Gasteiger partial charge in [0.15, 0.2) is 0 Å². The number of pyridine rings is 2. The third kappa shape index (κ3) is 3.80. The summed E-state index contributed by atoms with van der Waals surface area (Å²) in [7, 11) is 0. The van der Waals surface area contributed by atoms with E-state index >= 15 is 0 Å². The van der Waals surface area contributed by atoms with Crippen molar-refractivity contribution >= 4 is 16.8 Å². The van der Waals surface area contributed by atoms with Crippen LogP contribution in [0.3, 0.4) is 0 Å². The van der Waals surface area contributed by atoms with Gasteiger partial charge >= 0.3 is 0 Å². The van der Waals surface area contributed by atoms with Crippen LogP contribution in [0.15, 0.2) is 78.0 Å². The Bertz CT molecular complexity index is 1310. The smallest absolute Gasteiger partial charge is 0.267 e. The van der Waals surface area contributed by atoms with Gasteiger partial charge < -0.3 is 10.1 Å². The van der Waals surface area contributed by atoms with Crippen molar-refractivity contribution < 1.29 is 9.53 Å². The fourth-order valence-corrected chi connectivity index (χ4v) is 3.73. The second-order valence-electron chi connectivity index (χ2n) is 7.33. The van der Waals surface area contributed by atoms with Gasteiger partial charge in [0, 0.05) is 41.2 Å². The van der Waals surface area contributed by atoms with Gasteiger partial charge in [0.2, 0.25) is 0 Å². The van der Waals surface area contributed by atoms with Crippen molar-refractivity contribution in [3.63, 3.8) is 0 Å². The molecule has 8 heteroatoms. The Morgan fingerprint density at radius 1 is 1.03 bits per heavy atom. The number of carbonyl (C=O) groups is 1. The lowest BCUT2D eigenvalue weighted by atomic mass is 10.1. The molecule has 1 N–H and O–H groups in total. The highest BCUT2D eigenvalue weighted by Gasteiger charge is 2.33. The number of ether oxygens (including phenoxy) is 1. The van der Waals surface area contributed by atoms with Crippen molar-refractivity contribution in [2.75, 3.05) is 13.2 Å². The molecule has 1 aromatic carbocycles. The van der Waals surface area contributed by atoms with Crippen LogP contribution in [-0.2, 0) is 4.74 Å². The Hall–Kier alpha value is -3.91. The van der Waals surface area contributed by atoms with E-state index in [4.69, 9.17) is 4.74 Å². The molecule has 2 unspecified atom stereocenters. The van der Waals surface area contributed by atoms with Gasteiger partial charge in [-0.1, -0.05) is 6.07 Å². The molecule has 3 aromatic heterocycles. The van der Waals surface area contributed by atoms with E-state index in [9.17, 15) is 9.59 Å². The molecule has 154 valence electrons. The van der Waals surface area contributed by atoms with Crippen LogP contribution in [0.25, 0.3) is 22.2 Å². The molecule has 0 bridgehead atoms. The Morgan fingerprint density at radius 2 is 1.90 bits per heavy atom. The third-order valence-electron chi connectivity index (χ3n) is 5.35. The summed E-state index contributed by atoms with van der Waals surface area (Å²) in [5.41, 5.74) is 2.61. The molecule has 1 amide bonds. The summed E-state index contributed by atoms with van der Waals surface area (Å²) in [6.07, 6.45) is 5.06. The molecule has 4 heterocycles. The normalized spacial score (nSPS) is 18.2. The van der Waals surface area contributed by atoms with Gasteiger partial charge in [-0.05, 0) is 42.5 Å². The zero-order chi connectivity index (χ0) is 21.2. The quantitative estimate of drug-likeness (QED) is 0.551. The maximum absolute atomic E-state index is 12.9. The highest BCUT2D eigenvalue weighted by Crippen LogP contribution is 2.21. The third-order valence-corrected chi connectivity index (χ3v) is 5.35. The summed E-state index contributed by atoms with van der Waals surface area (Å²) in [5, 5.41) is 8.42. The Kier molecular flexibility index (Phi) is 4.97. The average Bonchev–Trinajstić information content (AvgIpc) is 3.27. The van der Waals surface area contributed by atoms with Crippen LogP contribution in [-0.4, -0.2) is 44.9 Å². The molecule has 2 atom stereocenters. The standard InChI is InChI=1S/C23H19N5O3/c29-22-6-5-19(15-7-10-24-11-8-15)27-28(22)21-14-31-13-20(21)26-23(30)17-3-4-18-16(12-17)2-1-9-25-18/h1-12,20-21H,13-14H2,(H,26,30). The number of aromatic nitrogens is 4. The van der Waals surface area contributed by atoms with Crippen molar-refractivity contribution in [3.05, 3.63) is 89.1 Å². The first-order chi connectivity index (χ1) is 15.2. The first-order valence-corrected chi connectivity index (χ1v) is 9.93. The first-order valence-electron chi connectivity index (χ1n) is 9.93. The lowest BCUT2D eigenvalue weighted by Gasteiger charge is -2.21. The van der Waals surface area contributed by atoms with Crippen molar-refractivity contribution in [2.24, 2.45) is 0 Å². The van der Waals surface area contributed by atoms with Crippen LogP contribution < -0.4 is 10.9 Å². The van der Waals surface area contributed by atoms with E-state index < -0.39 is 6.04 Å². The lowest BCUT2D eigenvalue weighted by molar-refractivity contribution is 0.0925. The summed E-state index contributed by atoms with van der Waals surface area (Å²) >= 11 is 0. The fourth-order valence-electron chi connectivity index (χ4n) is 3.73. The number of rotatable bonds is 4. The van der Waals surface area contributed by atoms with E-state index in [0.717, 1.165) is 16.5 Å². The minimum atomic E-state index is -0.402. The molecular formula is C23H19N5O3. The zero-order valence-electron chi connectivity index (χ0n) is 16.5. The van der Waals surface area contributed by atoms with E-state index in [-0.39, 0.29) is 17.5 Å². The van der Waals surface area contributed by atoms with Gasteiger partial charge in [-0.3, -0.25) is 19.6 Å². The number of hydrogen-bond acceptors (Lipinski definition) is 6. The predicted molar refractivity (Wildman–Crippen MR) is 115 cm³/mol. The Balaban J connectivity index is 1.41. The number of carbonyl (C=O) groups excluding carboxylic acids is 1. The topological polar surface area (TPSA) is 99.0 Å². The van der Waals surface area contributed by atoms with Crippen molar-refractivity contribution in [2.45, 2.75) is 12.1 Å². The van der Waals surface area contributed by atoms with Crippen molar-refractivity contribution in [1.29, 1.82) is 0 Å². The minimum absolute atomic E-state index is 0.232. The molecule has 1 aliphatic rings. The van der Waals surface area contributed by atoms with Crippen LogP contribution in [0.2, 0.25) is 0 Å². The first kappa shape index (κ1) is 19.1. The summed E-state index contributed by atoms with van der Waals surface area (Å²) in [5.74, 6) is -0.232. The number of amides is 1. The lowest BCUT2D eigenvalue weighted by Crippen LogP contribution is -2.44. The van der Waals surface area contributed by atoms with Gasteiger partial charge in [0.25, 0.3) is 11.5 Å². The van der Waals surface area contributed by atoms with Crippen LogP contribution >= 0.6 is 0 Å². The van der Waals surface area contributed by atoms with E-state index in [1.165, 1.54) is 10.7 Å². The largest absolute Gasteiger partial charge is 0.377 e. The molecule has 1 fully saturated rings. The second-order valence-corrected chi connectivity index (χ2v) is 7.33. The molecule has 0 saturated carbocycles. The summed E-state index contributed by atoms with van der Waals surface area (Å²) in [6.45, 7) is 0.596. The molecule has 31 heavy (non-hydrogen) atoms. The molecule has 0 spiro atoms. The number of hydrogen-bond donors (Lipinski definition) is 1. The van der Waals surface area contributed by atoms with E-state index in [0.29, 0.717) is 24.5 Å². The molecule has 0 radical (unpaired) electrons. The maximum atomic E-state index is 12.9. The number of benzene rings is 1. The molecule has 1 aliphatic heterocycles. The predicted octanol–water partition coefficient (Wildman–Crippen LogP) is 2.22. The van der Waals surface area contributed by atoms with E-state index in [2.05, 4.69) is 20.4 Å². The van der Waals surface area contributed by atoms with Crippen molar-refractivity contribution in [3.8, 4) is 11.3 Å². The van der Waals surface area contributed by atoms with Gasteiger partial charge in [0.1, 0.15) is 6.04 Å². The number of nitrogens with one attached hydrogen (secondary N) is 1. The SMILES string of the molecule is O=C(NC1COCC1n1nc(-c2ccncc2)ccc1=O)c1ccc2ncccc2c1. The number of nitrogens with zero attached hydrogens (tertiary/aromatic N) is 4. The van der Waals surface area contributed by atoms with E-state index in [1.807, 2.05) is 30.3 Å². The van der Waals surface area contributed by atoms with Gasteiger partial charge in [0.05, 0.1) is 30.5 Å². The fraction of sp³-hybridized carbons (Fsp3) is 0.174. The van der Waals surface area contributed by atoms with Crippen LogP contribution in [0, 0.1) is 0 Å². The van der Waals surface area contributed by atoms with Crippen molar-refractivity contribution in [1.82, 2.24) is 25.1 Å². The van der Waals surface area contributed by atoms with Crippen LogP contribution in [0.4, 0.5) is 0 Å². The molecular weight excluding hydrogens is 394 g/mol. The second kappa shape index (κ2) is 8.08. The van der Waals surface area contributed by atoms with E-state index in [1.54, 1.807) is 36.8 Å². The van der Waals surface area contributed by atoms with Gasteiger partial charge in [-0.15, -0.1) is 0 Å². The monoisotopic (exact) mass is 413 g/mol. The highest BCUT2D eigenvalue weighted by atomic mass is 16.5. The van der Waals surface area contributed by atoms with Crippen LogP contribution in [0.1, 0.15) is 16.4 Å². The summed E-state index contributed by atoms with van der Waals surface area (Å²) in [4.78, 5) is 33.7. The average molecular weight is 413 g/mol. The zero-order valence-corrected chi connectivity index (χ0v) is 16.5. The molecule has 5 rings (SSSR count). The van der Waals surface area contributed by atoms with Crippen LogP contribution in [0.5, 0.6) is 0 Å². The molecule has 4 aromatic rings. The Labute approximate surface area is 177 Å².